The molecule has 0 saturated carbocycles. The zero-order valence-electron chi connectivity index (χ0n) is 6.39. The summed E-state index contributed by atoms with van der Waals surface area (Å²) in [6.07, 6.45) is 1.14. The van der Waals surface area contributed by atoms with Gasteiger partial charge in [-0.25, -0.2) is 0 Å². The summed E-state index contributed by atoms with van der Waals surface area (Å²) >= 11 is 5.63. The molecule has 0 atom stereocenters. The van der Waals surface area contributed by atoms with Crippen LogP contribution in [0.2, 0.25) is 0 Å². The molecule has 0 unspecified atom stereocenters. The van der Waals surface area contributed by atoms with E-state index in [-0.39, 0.29) is 7.53 Å². The van der Waals surface area contributed by atoms with Gasteiger partial charge in [0.05, 0.1) is 0 Å². The van der Waals surface area contributed by atoms with Gasteiger partial charge in [0.1, 0.15) is 0 Å². The Labute approximate surface area is 68.3 Å². The molecule has 0 spiro atoms. The highest BCUT2D eigenvalue weighted by Crippen LogP contribution is 2.33. The topological polar surface area (TPSA) is 0 Å². The predicted octanol–water partition coefficient (Wildman–Crippen LogP) is 3.53. The van der Waals surface area contributed by atoms with Crippen LogP contribution in [-0.2, 0) is 6.16 Å². The van der Waals surface area contributed by atoms with E-state index in [1.54, 1.807) is 0 Å². The maximum atomic E-state index is 5.63. The molecule has 0 N–H and O–H groups in total. The quantitative estimate of drug-likeness (QED) is 0.602. The van der Waals surface area contributed by atoms with Crippen molar-refractivity contribution in [3.63, 3.8) is 0 Å². The monoisotopic (exact) mass is 174 g/mol. The summed E-state index contributed by atoms with van der Waals surface area (Å²) in [6, 6.07) is 0. The number of alkyl halides is 1. The lowest BCUT2D eigenvalue weighted by Crippen LogP contribution is -1.65. The average Bonchev–Trinajstić information content (AvgIpc) is 2.14. The highest BCUT2D eigenvalue weighted by Gasteiger charge is 1.97. The van der Waals surface area contributed by atoms with Gasteiger partial charge in [0.2, 0.25) is 0 Å². The second-order valence-corrected chi connectivity index (χ2v) is 4.92. The molecule has 1 rings (SSSR count). The van der Waals surface area contributed by atoms with Crippen molar-refractivity contribution in [3.8, 4) is 0 Å². The van der Waals surface area contributed by atoms with Crippen LogP contribution in [0.25, 0.3) is 0 Å². The number of hydrogen-bond donors (Lipinski definition) is 0. The molecule has 0 amide bonds. The molecule has 2 heteroatoms. The van der Waals surface area contributed by atoms with Crippen molar-refractivity contribution in [2.24, 2.45) is 0 Å². The lowest BCUT2D eigenvalue weighted by atomic mass is 10.2. The number of hydrogen-bond acceptors (Lipinski definition) is 0. The minimum absolute atomic E-state index is 0.0201. The predicted molar refractivity (Wildman–Crippen MR) is 49.3 cm³/mol. The summed E-state index contributed by atoms with van der Waals surface area (Å²) in [7, 11) is 0.0201. The van der Waals surface area contributed by atoms with Crippen LogP contribution in [0.4, 0.5) is 0 Å². The highest BCUT2D eigenvalue weighted by atomic mass is 35.5. The Morgan fingerprint density at radius 3 is 2.20 bits per heavy atom. The Kier molecular flexibility index (Phi) is 2.82. The lowest BCUT2D eigenvalue weighted by molar-refractivity contribution is 1.39. The largest absolute Gasteiger partial charge is 0.126 e. The van der Waals surface area contributed by atoms with E-state index in [9.17, 15) is 0 Å². The Morgan fingerprint density at radius 2 is 1.80 bits per heavy atom. The molecule has 1 heterocycles. The second-order valence-electron chi connectivity index (χ2n) is 2.55. The first-order valence-corrected chi connectivity index (χ1v) is 5.63. The lowest BCUT2D eigenvalue weighted by Gasteiger charge is -1.88. The van der Waals surface area contributed by atoms with Crippen LogP contribution in [0.15, 0.2) is 11.6 Å². The summed E-state index contributed by atoms with van der Waals surface area (Å²) in [4.78, 5) is 0. The summed E-state index contributed by atoms with van der Waals surface area (Å²) in [5, 5.41) is 0. The first-order chi connectivity index (χ1) is 4.74. The number of halogens is 1. The van der Waals surface area contributed by atoms with Crippen LogP contribution >= 0.6 is 19.1 Å². The molecule has 1 aromatic heterocycles. The molecule has 0 aliphatic rings. The normalized spacial score (nSPS) is 10.3. The zero-order chi connectivity index (χ0) is 7.56. The van der Waals surface area contributed by atoms with Crippen molar-refractivity contribution in [1.29, 1.82) is 0 Å². The highest BCUT2D eigenvalue weighted by molar-refractivity contribution is 7.47. The molecule has 56 valence electrons. The van der Waals surface area contributed by atoms with Crippen molar-refractivity contribution in [2.75, 3.05) is 5.88 Å². The maximum absolute atomic E-state index is 5.63. The molecule has 0 radical (unpaired) electrons. The fourth-order valence-electron chi connectivity index (χ4n) is 0.965. The molecule has 0 aliphatic heterocycles. The summed E-state index contributed by atoms with van der Waals surface area (Å²) < 4.78 is 0. The molecular formula is C8H12ClP. The van der Waals surface area contributed by atoms with Crippen LogP contribution in [0.1, 0.15) is 11.1 Å². The van der Waals surface area contributed by atoms with Gasteiger partial charge in [0.15, 0.2) is 0 Å². The zero-order valence-corrected chi connectivity index (χ0v) is 8.04. The van der Waals surface area contributed by atoms with Gasteiger partial charge in [-0.2, -0.15) is 0 Å². The third kappa shape index (κ3) is 1.78. The Hall–Kier alpha value is 0.0700. The molecular weight excluding hydrogens is 163 g/mol. The third-order valence-electron chi connectivity index (χ3n) is 1.68. The standard InChI is InChI=1S/C8H12ClP/c1-7-5-10(4-3-9)6-8(7)2/h5-6H,3-4H2,1-2H3. The van der Waals surface area contributed by atoms with Gasteiger partial charge >= 0.3 is 0 Å². The molecule has 0 bridgehead atoms. The van der Waals surface area contributed by atoms with E-state index in [1.807, 2.05) is 0 Å². The summed E-state index contributed by atoms with van der Waals surface area (Å²) in [5.41, 5.74) is 2.88. The SMILES string of the molecule is Cc1cp(CCCl)cc1C. The molecule has 0 aliphatic carbocycles. The number of aryl methyl sites for hydroxylation is 3. The van der Waals surface area contributed by atoms with E-state index >= 15 is 0 Å². The minimum Gasteiger partial charge on any atom is -0.126 e. The molecule has 0 fully saturated rings. The van der Waals surface area contributed by atoms with Gasteiger partial charge in [0.25, 0.3) is 0 Å². The van der Waals surface area contributed by atoms with Crippen molar-refractivity contribution in [3.05, 3.63) is 22.7 Å². The van der Waals surface area contributed by atoms with E-state index in [0.29, 0.717) is 0 Å². The second kappa shape index (κ2) is 3.46. The first-order valence-electron chi connectivity index (χ1n) is 3.43. The molecule has 10 heavy (non-hydrogen) atoms. The van der Waals surface area contributed by atoms with Crippen LogP contribution in [-0.4, -0.2) is 5.88 Å². The van der Waals surface area contributed by atoms with Gasteiger partial charge < -0.3 is 0 Å². The average molecular weight is 175 g/mol. The van der Waals surface area contributed by atoms with Crippen molar-refractivity contribution < 1.29 is 0 Å². The summed E-state index contributed by atoms with van der Waals surface area (Å²) in [5.74, 6) is 5.50. The van der Waals surface area contributed by atoms with Gasteiger partial charge in [-0.3, -0.25) is 0 Å². The molecule has 0 nitrogen and oxygen atoms in total. The first kappa shape index (κ1) is 8.17. The van der Waals surface area contributed by atoms with Crippen molar-refractivity contribution >= 4 is 19.1 Å². The fourth-order valence-corrected chi connectivity index (χ4v) is 3.48. The fraction of sp³-hybridized carbons (Fsp3) is 0.500. The van der Waals surface area contributed by atoms with E-state index in [1.165, 1.54) is 11.1 Å². The Balaban J connectivity index is 2.77. The number of rotatable bonds is 2. The van der Waals surface area contributed by atoms with E-state index in [4.69, 9.17) is 11.6 Å². The third-order valence-corrected chi connectivity index (χ3v) is 4.31. The van der Waals surface area contributed by atoms with Crippen LogP contribution < -0.4 is 0 Å². The van der Waals surface area contributed by atoms with E-state index in [2.05, 4.69) is 25.4 Å². The van der Waals surface area contributed by atoms with E-state index in [0.717, 1.165) is 12.0 Å². The maximum Gasteiger partial charge on any atom is 0.0296 e. The summed E-state index contributed by atoms with van der Waals surface area (Å²) in [6.45, 7) is 4.34. The van der Waals surface area contributed by atoms with Gasteiger partial charge in [-0.1, -0.05) is 0 Å². The van der Waals surface area contributed by atoms with Crippen molar-refractivity contribution in [2.45, 2.75) is 20.0 Å². The van der Waals surface area contributed by atoms with E-state index < -0.39 is 0 Å². The smallest absolute Gasteiger partial charge is 0.0296 e. The molecule has 0 saturated heterocycles. The van der Waals surface area contributed by atoms with Crippen LogP contribution in [0.5, 0.6) is 0 Å². The van der Waals surface area contributed by atoms with Gasteiger partial charge in [-0.15, -0.1) is 19.1 Å². The van der Waals surface area contributed by atoms with Crippen LogP contribution in [0, 0.1) is 13.8 Å². The molecule has 0 aromatic carbocycles. The van der Waals surface area contributed by atoms with Gasteiger partial charge in [0, 0.05) is 5.88 Å². The van der Waals surface area contributed by atoms with Crippen molar-refractivity contribution in [1.82, 2.24) is 0 Å². The Bertz CT molecular complexity index is 196. The Morgan fingerprint density at radius 1 is 1.30 bits per heavy atom. The van der Waals surface area contributed by atoms with Gasteiger partial charge in [-0.05, 0) is 42.7 Å². The minimum atomic E-state index is 0.0201. The van der Waals surface area contributed by atoms with Crippen LogP contribution in [0.3, 0.4) is 0 Å². The molecule has 1 aromatic rings.